The molecule has 0 spiro atoms. The Morgan fingerprint density at radius 3 is 2.65 bits per heavy atom. The van der Waals surface area contributed by atoms with Gasteiger partial charge in [-0.3, -0.25) is 4.79 Å². The van der Waals surface area contributed by atoms with Gasteiger partial charge in [-0.25, -0.2) is 4.68 Å². The lowest BCUT2D eigenvalue weighted by molar-refractivity contribution is 0.0750. The van der Waals surface area contributed by atoms with Gasteiger partial charge in [-0.2, -0.15) is 5.10 Å². The largest absolute Gasteiger partial charge is 0.359 e. The van der Waals surface area contributed by atoms with Crippen molar-refractivity contribution < 1.29 is 4.74 Å². The number of rotatable bonds is 5. The number of halogens is 2. The molecule has 1 aromatic rings. The lowest BCUT2D eigenvalue weighted by Gasteiger charge is -2.15. The van der Waals surface area contributed by atoms with Crippen LogP contribution in [0.25, 0.3) is 0 Å². The van der Waals surface area contributed by atoms with Gasteiger partial charge < -0.3 is 4.74 Å². The van der Waals surface area contributed by atoms with Crippen LogP contribution in [0.2, 0.25) is 35.7 Å². The zero-order valence-electron chi connectivity index (χ0n) is 10.2. The Morgan fingerprint density at radius 2 is 2.06 bits per heavy atom. The molecule has 1 aromatic heterocycles. The molecule has 0 unspecified atom stereocenters. The summed E-state index contributed by atoms with van der Waals surface area (Å²) in [6, 6.07) is 1.04. The van der Waals surface area contributed by atoms with Crippen molar-refractivity contribution in [3.05, 3.63) is 26.6 Å². The smallest absolute Gasteiger partial charge is 0.289 e. The number of nitrogens with zero attached hydrogens (tertiary/aromatic N) is 2. The van der Waals surface area contributed by atoms with Crippen molar-refractivity contribution in [1.82, 2.24) is 9.78 Å². The standard InChI is InChI=1S/C10H16Cl2N2O2Si/c1-17(2,3)5-4-16-7-14-10(15)9(12)8(11)6-13-14/h6H,4-5,7H2,1-3H3. The Hall–Kier alpha value is -0.363. The molecule has 0 radical (unpaired) electrons. The average Bonchev–Trinajstić information content (AvgIpc) is 2.22. The highest BCUT2D eigenvalue weighted by atomic mass is 35.5. The van der Waals surface area contributed by atoms with Crippen LogP contribution in [-0.4, -0.2) is 24.5 Å². The second-order valence-electron chi connectivity index (χ2n) is 4.96. The van der Waals surface area contributed by atoms with Gasteiger partial charge in [-0.05, 0) is 6.04 Å². The molecule has 0 amide bonds. The van der Waals surface area contributed by atoms with Crippen LogP contribution in [-0.2, 0) is 11.5 Å². The molecule has 0 saturated carbocycles. The van der Waals surface area contributed by atoms with Crippen LogP contribution in [0.1, 0.15) is 0 Å². The van der Waals surface area contributed by atoms with E-state index in [1.165, 1.54) is 10.9 Å². The molecular formula is C10H16Cl2N2O2Si. The van der Waals surface area contributed by atoms with Crippen LogP contribution < -0.4 is 5.56 Å². The Balaban J connectivity index is 2.54. The number of aromatic nitrogens is 2. The number of hydrogen-bond acceptors (Lipinski definition) is 3. The predicted molar refractivity (Wildman–Crippen MR) is 72.6 cm³/mol. The van der Waals surface area contributed by atoms with Crippen molar-refractivity contribution in [3.63, 3.8) is 0 Å². The van der Waals surface area contributed by atoms with Gasteiger partial charge in [-0.1, -0.05) is 42.8 Å². The van der Waals surface area contributed by atoms with E-state index in [0.29, 0.717) is 6.61 Å². The van der Waals surface area contributed by atoms with Crippen LogP contribution in [0.15, 0.2) is 11.0 Å². The summed E-state index contributed by atoms with van der Waals surface area (Å²) >= 11 is 11.4. The van der Waals surface area contributed by atoms with E-state index in [9.17, 15) is 4.79 Å². The molecule has 1 heterocycles. The molecule has 4 nitrogen and oxygen atoms in total. The Kier molecular flexibility index (Phi) is 5.18. The van der Waals surface area contributed by atoms with Crippen molar-refractivity contribution >= 4 is 31.3 Å². The van der Waals surface area contributed by atoms with Crippen LogP contribution >= 0.6 is 23.2 Å². The fourth-order valence-corrected chi connectivity index (χ4v) is 2.09. The SMILES string of the molecule is C[Si](C)(C)CCOCn1ncc(Cl)c(Cl)c1=O. The molecule has 0 atom stereocenters. The van der Waals surface area contributed by atoms with E-state index in [1.807, 2.05) is 0 Å². The summed E-state index contributed by atoms with van der Waals surface area (Å²) in [6.07, 6.45) is 1.34. The molecule has 96 valence electrons. The molecule has 0 aromatic carbocycles. The highest BCUT2D eigenvalue weighted by Gasteiger charge is 2.12. The van der Waals surface area contributed by atoms with Crippen LogP contribution in [0.3, 0.4) is 0 Å². The third-order valence-electron chi connectivity index (χ3n) is 2.15. The van der Waals surface area contributed by atoms with Gasteiger partial charge in [-0.15, -0.1) is 0 Å². The highest BCUT2D eigenvalue weighted by Crippen LogP contribution is 2.14. The third-order valence-corrected chi connectivity index (χ3v) is 4.61. The molecule has 0 aliphatic carbocycles. The Morgan fingerprint density at radius 1 is 1.41 bits per heavy atom. The first-order valence-corrected chi connectivity index (χ1v) is 9.76. The fraction of sp³-hybridized carbons (Fsp3) is 0.600. The first-order chi connectivity index (χ1) is 7.81. The molecule has 7 heteroatoms. The summed E-state index contributed by atoms with van der Waals surface area (Å²) in [5, 5.41) is 3.99. The number of hydrogen-bond donors (Lipinski definition) is 0. The topological polar surface area (TPSA) is 44.1 Å². The summed E-state index contributed by atoms with van der Waals surface area (Å²) in [5.74, 6) is 0. The van der Waals surface area contributed by atoms with Crippen molar-refractivity contribution in [1.29, 1.82) is 0 Å². The minimum absolute atomic E-state index is 0.0181. The molecule has 0 aliphatic heterocycles. The van der Waals surface area contributed by atoms with Gasteiger partial charge in [0.2, 0.25) is 0 Å². The normalized spacial score (nSPS) is 11.8. The average molecular weight is 295 g/mol. The molecule has 0 saturated heterocycles. The van der Waals surface area contributed by atoms with Gasteiger partial charge in [0.05, 0.1) is 11.2 Å². The Bertz CT molecular complexity index is 443. The van der Waals surface area contributed by atoms with Crippen LogP contribution in [0.4, 0.5) is 0 Å². The molecule has 0 aliphatic rings. The predicted octanol–water partition coefficient (Wildman–Crippen LogP) is 2.86. The van der Waals surface area contributed by atoms with Crippen molar-refractivity contribution in [2.24, 2.45) is 0 Å². The minimum atomic E-state index is -1.11. The van der Waals surface area contributed by atoms with Gasteiger partial charge in [0.1, 0.15) is 11.8 Å². The quantitative estimate of drug-likeness (QED) is 0.620. The van der Waals surface area contributed by atoms with E-state index in [4.69, 9.17) is 27.9 Å². The zero-order chi connectivity index (χ0) is 13.1. The number of ether oxygens (including phenoxy) is 1. The second kappa shape index (κ2) is 6.00. The molecular weight excluding hydrogens is 279 g/mol. The molecule has 17 heavy (non-hydrogen) atoms. The molecule has 0 bridgehead atoms. The summed E-state index contributed by atoms with van der Waals surface area (Å²) in [5.41, 5.74) is -0.424. The maximum absolute atomic E-state index is 11.6. The van der Waals surface area contributed by atoms with Crippen LogP contribution in [0, 0.1) is 0 Å². The lowest BCUT2D eigenvalue weighted by atomic mass is 10.6. The molecule has 0 N–H and O–H groups in total. The van der Waals surface area contributed by atoms with Gasteiger partial charge in [0.25, 0.3) is 5.56 Å². The monoisotopic (exact) mass is 294 g/mol. The lowest BCUT2D eigenvalue weighted by Crippen LogP contribution is -2.26. The minimum Gasteiger partial charge on any atom is -0.359 e. The van der Waals surface area contributed by atoms with E-state index >= 15 is 0 Å². The third kappa shape index (κ3) is 4.79. The van der Waals surface area contributed by atoms with E-state index in [2.05, 4.69) is 24.7 Å². The molecule has 1 rings (SSSR count). The Labute approximate surface area is 112 Å². The summed E-state index contributed by atoms with van der Waals surface area (Å²) in [4.78, 5) is 11.6. The second-order valence-corrected chi connectivity index (χ2v) is 11.4. The summed E-state index contributed by atoms with van der Waals surface area (Å²) < 4.78 is 6.57. The van der Waals surface area contributed by atoms with E-state index in [-0.39, 0.29) is 16.8 Å². The zero-order valence-corrected chi connectivity index (χ0v) is 12.7. The molecule has 0 fully saturated rings. The summed E-state index contributed by atoms with van der Waals surface area (Å²) in [7, 11) is -1.11. The van der Waals surface area contributed by atoms with E-state index < -0.39 is 13.6 Å². The maximum Gasteiger partial charge on any atom is 0.289 e. The first-order valence-electron chi connectivity index (χ1n) is 5.30. The van der Waals surface area contributed by atoms with Gasteiger partial charge in [0.15, 0.2) is 0 Å². The maximum atomic E-state index is 11.6. The van der Waals surface area contributed by atoms with E-state index in [0.717, 1.165) is 6.04 Å². The van der Waals surface area contributed by atoms with Crippen molar-refractivity contribution in [2.75, 3.05) is 6.61 Å². The van der Waals surface area contributed by atoms with Gasteiger partial charge in [0, 0.05) is 14.7 Å². The first kappa shape index (κ1) is 14.7. The highest BCUT2D eigenvalue weighted by molar-refractivity contribution is 6.76. The van der Waals surface area contributed by atoms with Gasteiger partial charge >= 0.3 is 0 Å². The van der Waals surface area contributed by atoms with Crippen LogP contribution in [0.5, 0.6) is 0 Å². The van der Waals surface area contributed by atoms with Crippen molar-refractivity contribution in [3.8, 4) is 0 Å². The van der Waals surface area contributed by atoms with Crippen molar-refractivity contribution in [2.45, 2.75) is 32.4 Å². The fourth-order valence-electron chi connectivity index (χ4n) is 1.07. The summed E-state index contributed by atoms with van der Waals surface area (Å²) in [6.45, 7) is 7.53. The van der Waals surface area contributed by atoms with E-state index in [1.54, 1.807) is 0 Å².